The Morgan fingerprint density at radius 1 is 0.970 bits per heavy atom. The Bertz CT molecular complexity index is 802. The zero-order chi connectivity index (χ0) is 24.4. The zero-order valence-electron chi connectivity index (χ0n) is 19.8. The first kappa shape index (κ1) is 26.5. The van der Waals surface area contributed by atoms with E-state index in [1.807, 2.05) is 4.90 Å². The van der Waals surface area contributed by atoms with E-state index in [9.17, 15) is 4.79 Å². The molecule has 0 unspecified atom stereocenters. The van der Waals surface area contributed by atoms with E-state index < -0.39 is 11.9 Å². The van der Waals surface area contributed by atoms with Crippen molar-refractivity contribution in [2.24, 2.45) is 5.92 Å². The molecule has 0 aliphatic carbocycles. The lowest BCUT2D eigenvalue weighted by atomic mass is 9.86. The third kappa shape index (κ3) is 9.35. The molecule has 8 heteroatoms. The van der Waals surface area contributed by atoms with Crippen LogP contribution in [-0.2, 0) is 24.5 Å². The first-order valence-electron chi connectivity index (χ1n) is 11.4. The lowest BCUT2D eigenvalue weighted by molar-refractivity contribution is -0.159. The number of rotatable bonds is 4. The normalized spacial score (nSPS) is 18.0. The van der Waals surface area contributed by atoms with E-state index >= 15 is 0 Å². The van der Waals surface area contributed by atoms with Gasteiger partial charge in [0, 0.05) is 26.2 Å². The number of amides is 1. The van der Waals surface area contributed by atoms with Crippen molar-refractivity contribution in [3.05, 3.63) is 41.5 Å². The molecule has 1 amide bonds. The average Bonchev–Trinajstić information content (AvgIpc) is 2.79. The van der Waals surface area contributed by atoms with Crippen LogP contribution >= 0.6 is 0 Å². The molecule has 2 fully saturated rings. The summed E-state index contributed by atoms with van der Waals surface area (Å²) < 4.78 is 5.35. The number of carbonyl (C=O) groups excluding carboxylic acids is 1. The summed E-state index contributed by atoms with van der Waals surface area (Å²) in [5.74, 6) is -2.80. The van der Waals surface area contributed by atoms with Crippen LogP contribution in [0.2, 0.25) is 0 Å². The average molecular weight is 461 g/mol. The molecule has 33 heavy (non-hydrogen) atoms. The third-order valence-corrected chi connectivity index (χ3v) is 5.88. The van der Waals surface area contributed by atoms with Gasteiger partial charge < -0.3 is 19.8 Å². The van der Waals surface area contributed by atoms with Gasteiger partial charge in [0.15, 0.2) is 0 Å². The summed E-state index contributed by atoms with van der Waals surface area (Å²) in [5.41, 5.74) is 2.82. The SMILES string of the molecule is CC(C)(C)c1ccc(/C=C/C2CCN(C(=O)CN3CCOCC3)CC2)cc1.O=C(O)C(=O)O. The molecule has 1 aromatic rings. The first-order valence-corrected chi connectivity index (χ1v) is 11.4. The number of carboxylic acid groups (broad SMARTS) is 2. The number of nitrogens with zero attached hydrogens (tertiary/aromatic N) is 2. The molecule has 2 N–H and O–H groups in total. The second-order valence-electron chi connectivity index (χ2n) is 9.45. The van der Waals surface area contributed by atoms with Gasteiger partial charge in [0.2, 0.25) is 5.91 Å². The fourth-order valence-corrected chi connectivity index (χ4v) is 3.73. The minimum atomic E-state index is -1.82. The number of likely N-dealkylation sites (tertiary alicyclic amines) is 1. The summed E-state index contributed by atoms with van der Waals surface area (Å²) in [6.45, 7) is 12.3. The number of morpholine rings is 1. The fourth-order valence-electron chi connectivity index (χ4n) is 3.73. The molecule has 2 aliphatic heterocycles. The van der Waals surface area contributed by atoms with Crippen LogP contribution in [0.4, 0.5) is 0 Å². The van der Waals surface area contributed by atoms with Gasteiger partial charge in [-0.15, -0.1) is 0 Å². The number of carbonyl (C=O) groups is 3. The summed E-state index contributed by atoms with van der Waals surface area (Å²) in [6.07, 6.45) is 6.69. The Morgan fingerprint density at radius 2 is 1.52 bits per heavy atom. The number of benzene rings is 1. The van der Waals surface area contributed by atoms with Gasteiger partial charge in [-0.25, -0.2) is 9.59 Å². The van der Waals surface area contributed by atoms with Gasteiger partial charge in [-0.05, 0) is 35.3 Å². The molecule has 2 heterocycles. The van der Waals surface area contributed by atoms with E-state index in [2.05, 4.69) is 62.1 Å². The van der Waals surface area contributed by atoms with Crippen molar-refractivity contribution >= 4 is 23.9 Å². The maximum Gasteiger partial charge on any atom is 0.414 e. The predicted octanol–water partition coefficient (Wildman–Crippen LogP) is 2.72. The minimum Gasteiger partial charge on any atom is -0.473 e. The molecule has 3 rings (SSSR count). The summed E-state index contributed by atoms with van der Waals surface area (Å²) in [6, 6.07) is 8.87. The van der Waals surface area contributed by atoms with E-state index in [0.717, 1.165) is 52.2 Å². The number of hydrogen-bond donors (Lipinski definition) is 2. The van der Waals surface area contributed by atoms with E-state index in [0.29, 0.717) is 12.5 Å². The second-order valence-corrected chi connectivity index (χ2v) is 9.45. The van der Waals surface area contributed by atoms with Crippen molar-refractivity contribution in [3.63, 3.8) is 0 Å². The Hall–Kier alpha value is -2.71. The van der Waals surface area contributed by atoms with Gasteiger partial charge in [-0.1, -0.05) is 57.2 Å². The zero-order valence-corrected chi connectivity index (χ0v) is 19.8. The van der Waals surface area contributed by atoms with Crippen LogP contribution in [0.15, 0.2) is 30.3 Å². The topological polar surface area (TPSA) is 107 Å². The fraction of sp³-hybridized carbons (Fsp3) is 0.560. The first-order chi connectivity index (χ1) is 15.6. The van der Waals surface area contributed by atoms with Crippen molar-refractivity contribution in [1.82, 2.24) is 9.80 Å². The largest absolute Gasteiger partial charge is 0.473 e. The van der Waals surface area contributed by atoms with Crippen LogP contribution in [-0.4, -0.2) is 83.8 Å². The second kappa shape index (κ2) is 12.5. The van der Waals surface area contributed by atoms with Gasteiger partial charge in [0.1, 0.15) is 0 Å². The van der Waals surface area contributed by atoms with Gasteiger partial charge in [-0.2, -0.15) is 0 Å². The highest BCUT2D eigenvalue weighted by molar-refractivity contribution is 6.27. The van der Waals surface area contributed by atoms with E-state index in [4.69, 9.17) is 24.5 Å². The predicted molar refractivity (Wildman–Crippen MR) is 126 cm³/mol. The molecule has 2 saturated heterocycles. The minimum absolute atomic E-state index is 0.197. The number of piperidine rings is 1. The van der Waals surface area contributed by atoms with Crippen molar-refractivity contribution in [1.29, 1.82) is 0 Å². The Kier molecular flexibility index (Phi) is 10.1. The molecule has 0 atom stereocenters. The Labute approximate surface area is 195 Å². The third-order valence-electron chi connectivity index (χ3n) is 5.88. The number of ether oxygens (including phenoxy) is 1. The van der Waals surface area contributed by atoms with Crippen LogP contribution in [0.5, 0.6) is 0 Å². The molecule has 0 saturated carbocycles. The van der Waals surface area contributed by atoms with E-state index in [-0.39, 0.29) is 11.3 Å². The molecule has 8 nitrogen and oxygen atoms in total. The Morgan fingerprint density at radius 3 is 2.00 bits per heavy atom. The maximum absolute atomic E-state index is 12.5. The van der Waals surface area contributed by atoms with Crippen molar-refractivity contribution in [3.8, 4) is 0 Å². The smallest absolute Gasteiger partial charge is 0.414 e. The number of carboxylic acids is 2. The number of aliphatic carboxylic acids is 2. The van der Waals surface area contributed by atoms with Crippen molar-refractivity contribution in [2.45, 2.75) is 39.0 Å². The summed E-state index contributed by atoms with van der Waals surface area (Å²) in [7, 11) is 0. The van der Waals surface area contributed by atoms with Crippen LogP contribution in [0.3, 0.4) is 0 Å². The molecular weight excluding hydrogens is 424 g/mol. The van der Waals surface area contributed by atoms with Crippen molar-refractivity contribution in [2.75, 3.05) is 45.9 Å². The quantitative estimate of drug-likeness (QED) is 0.665. The van der Waals surface area contributed by atoms with Gasteiger partial charge in [0.25, 0.3) is 0 Å². The molecule has 0 bridgehead atoms. The lowest BCUT2D eigenvalue weighted by Crippen LogP contribution is -2.46. The van der Waals surface area contributed by atoms with Crippen molar-refractivity contribution < 1.29 is 29.3 Å². The van der Waals surface area contributed by atoms with Gasteiger partial charge in [0.05, 0.1) is 19.8 Å². The number of hydrogen-bond acceptors (Lipinski definition) is 5. The molecular formula is C25H36N2O6. The summed E-state index contributed by atoms with van der Waals surface area (Å²) >= 11 is 0. The van der Waals surface area contributed by atoms with E-state index in [1.54, 1.807) is 0 Å². The molecule has 0 spiro atoms. The molecule has 182 valence electrons. The number of allylic oxidation sites excluding steroid dienone is 1. The highest BCUT2D eigenvalue weighted by atomic mass is 16.5. The van der Waals surface area contributed by atoms with Crippen LogP contribution in [0, 0.1) is 5.92 Å². The maximum atomic E-state index is 12.5. The van der Waals surface area contributed by atoms with Gasteiger partial charge in [-0.3, -0.25) is 9.69 Å². The van der Waals surface area contributed by atoms with Crippen LogP contribution in [0.1, 0.15) is 44.7 Å². The summed E-state index contributed by atoms with van der Waals surface area (Å²) in [5, 5.41) is 14.8. The van der Waals surface area contributed by atoms with E-state index in [1.165, 1.54) is 11.1 Å². The van der Waals surface area contributed by atoms with Crippen LogP contribution in [0.25, 0.3) is 6.08 Å². The monoisotopic (exact) mass is 460 g/mol. The highest BCUT2D eigenvalue weighted by Gasteiger charge is 2.23. The lowest BCUT2D eigenvalue weighted by Gasteiger charge is -2.33. The summed E-state index contributed by atoms with van der Waals surface area (Å²) in [4.78, 5) is 34.9. The molecule has 2 aliphatic rings. The molecule has 0 aromatic heterocycles. The molecule has 1 aromatic carbocycles. The van der Waals surface area contributed by atoms with Crippen LogP contribution < -0.4 is 0 Å². The molecule has 0 radical (unpaired) electrons. The standard InChI is InChI=1S/C23H34N2O2.C2H2O4/c1-23(2,3)21-8-6-19(7-9-21)4-5-20-10-12-25(13-11-20)22(26)18-24-14-16-27-17-15-24;3-1(4)2(5)6/h4-9,20H,10-18H2,1-3H3;(H,3,4)(H,5,6)/b5-4+;. The van der Waals surface area contributed by atoms with Gasteiger partial charge >= 0.3 is 11.9 Å². The highest BCUT2D eigenvalue weighted by Crippen LogP contribution is 2.24. The Balaban J connectivity index is 0.000000569.